The molecule has 2 amide bonds. The molecule has 1 aromatic carbocycles. The number of aromatic nitrogens is 5. The van der Waals surface area contributed by atoms with E-state index < -0.39 is 0 Å². The quantitative estimate of drug-likeness (QED) is 0.409. The molecule has 2 fully saturated rings. The summed E-state index contributed by atoms with van der Waals surface area (Å²) in [5.41, 5.74) is 4.63. The Balaban J connectivity index is 1.08. The van der Waals surface area contributed by atoms with Crippen molar-refractivity contribution in [1.82, 2.24) is 29.8 Å². The third kappa shape index (κ3) is 4.18. The number of amides is 2. The predicted octanol–water partition coefficient (Wildman–Crippen LogP) is 2.96. The highest BCUT2D eigenvalue weighted by atomic mass is 16.5. The number of carbonyl (C=O) groups excluding carboxylic acids is 2. The van der Waals surface area contributed by atoms with Gasteiger partial charge < -0.3 is 14.3 Å². The Labute approximate surface area is 218 Å². The summed E-state index contributed by atoms with van der Waals surface area (Å²) in [5, 5.41) is 17.6. The van der Waals surface area contributed by atoms with Crippen LogP contribution in [0.4, 0.5) is 5.69 Å². The van der Waals surface area contributed by atoms with Crippen LogP contribution in [0.5, 0.6) is 0 Å². The standard InChI is InChI=1S/C27H26N8O3/c1-16-24-22(33(2)31-16)11-19(14-29-24)25-30-26(38-32-25)18-7-9-34(10-8-18)27(37)20-12-23(36)35(15-20)21-5-3-17(13-28)4-6-21/h3-6,11,14,18,20H,7-10,12,15H2,1-2H3. The number of anilines is 1. The van der Waals surface area contributed by atoms with Gasteiger partial charge in [0, 0.05) is 56.5 Å². The molecule has 2 aliphatic heterocycles. The van der Waals surface area contributed by atoms with Gasteiger partial charge in [-0.25, -0.2) is 0 Å². The summed E-state index contributed by atoms with van der Waals surface area (Å²) in [6, 6.07) is 10.9. The van der Waals surface area contributed by atoms with Gasteiger partial charge in [0.2, 0.25) is 23.5 Å². The van der Waals surface area contributed by atoms with Crippen LogP contribution in [0.1, 0.15) is 42.3 Å². The lowest BCUT2D eigenvalue weighted by molar-refractivity contribution is -0.136. The zero-order valence-corrected chi connectivity index (χ0v) is 21.2. The summed E-state index contributed by atoms with van der Waals surface area (Å²) in [7, 11) is 1.88. The van der Waals surface area contributed by atoms with Gasteiger partial charge in [-0.2, -0.15) is 15.3 Å². The van der Waals surface area contributed by atoms with Gasteiger partial charge >= 0.3 is 0 Å². The van der Waals surface area contributed by atoms with E-state index >= 15 is 0 Å². The van der Waals surface area contributed by atoms with E-state index in [1.165, 1.54) is 0 Å². The summed E-state index contributed by atoms with van der Waals surface area (Å²) in [4.78, 5) is 38.5. The Hall–Kier alpha value is -4.59. The number of carbonyl (C=O) groups is 2. The molecular weight excluding hydrogens is 484 g/mol. The molecule has 0 radical (unpaired) electrons. The number of likely N-dealkylation sites (tertiary alicyclic amines) is 1. The van der Waals surface area contributed by atoms with Crippen LogP contribution in [0, 0.1) is 24.2 Å². The highest BCUT2D eigenvalue weighted by molar-refractivity contribution is 6.00. The second-order valence-electron chi connectivity index (χ2n) is 9.92. The minimum atomic E-state index is -0.372. The zero-order chi connectivity index (χ0) is 26.4. The summed E-state index contributed by atoms with van der Waals surface area (Å²) in [6.07, 6.45) is 3.36. The number of aryl methyl sites for hydroxylation is 2. The van der Waals surface area contributed by atoms with E-state index in [-0.39, 0.29) is 30.1 Å². The topological polar surface area (TPSA) is 134 Å². The first-order chi connectivity index (χ1) is 18.4. The number of benzene rings is 1. The van der Waals surface area contributed by atoms with Crippen molar-refractivity contribution < 1.29 is 14.1 Å². The third-order valence-corrected chi connectivity index (χ3v) is 7.50. The van der Waals surface area contributed by atoms with Gasteiger partial charge in [0.05, 0.1) is 28.8 Å². The molecule has 3 aromatic heterocycles. The molecule has 0 aliphatic carbocycles. The third-order valence-electron chi connectivity index (χ3n) is 7.50. The van der Waals surface area contributed by atoms with Crippen molar-refractivity contribution in [3.8, 4) is 17.5 Å². The number of hydrogen-bond donors (Lipinski definition) is 0. The molecule has 6 rings (SSSR count). The van der Waals surface area contributed by atoms with Crippen LogP contribution >= 0.6 is 0 Å². The molecule has 0 saturated carbocycles. The highest BCUT2D eigenvalue weighted by Gasteiger charge is 2.38. The summed E-state index contributed by atoms with van der Waals surface area (Å²) in [5.74, 6) is 0.676. The first kappa shape index (κ1) is 23.8. The Morgan fingerprint density at radius 2 is 1.95 bits per heavy atom. The fourth-order valence-electron chi connectivity index (χ4n) is 5.39. The van der Waals surface area contributed by atoms with Crippen molar-refractivity contribution in [2.75, 3.05) is 24.5 Å². The molecule has 0 N–H and O–H groups in total. The Morgan fingerprint density at radius 1 is 1.18 bits per heavy atom. The minimum Gasteiger partial charge on any atom is -0.342 e. The summed E-state index contributed by atoms with van der Waals surface area (Å²) >= 11 is 0. The van der Waals surface area contributed by atoms with E-state index in [9.17, 15) is 9.59 Å². The van der Waals surface area contributed by atoms with Crippen molar-refractivity contribution in [2.24, 2.45) is 13.0 Å². The Morgan fingerprint density at radius 3 is 2.68 bits per heavy atom. The van der Waals surface area contributed by atoms with Crippen LogP contribution in [-0.2, 0) is 16.6 Å². The molecule has 1 unspecified atom stereocenters. The molecule has 192 valence electrons. The number of hydrogen-bond acceptors (Lipinski definition) is 8. The second-order valence-corrected chi connectivity index (χ2v) is 9.92. The Bertz CT molecular complexity index is 1570. The molecule has 1 atom stereocenters. The number of pyridine rings is 1. The fourth-order valence-corrected chi connectivity index (χ4v) is 5.39. The maximum Gasteiger partial charge on any atom is 0.230 e. The number of piperidine rings is 1. The fraction of sp³-hybridized carbons (Fsp3) is 0.370. The van der Waals surface area contributed by atoms with E-state index in [1.807, 2.05) is 24.9 Å². The molecular formula is C27H26N8O3. The molecule has 38 heavy (non-hydrogen) atoms. The zero-order valence-electron chi connectivity index (χ0n) is 21.2. The van der Waals surface area contributed by atoms with Gasteiger partial charge in [-0.05, 0) is 50.1 Å². The normalized spacial score (nSPS) is 18.3. The number of nitriles is 1. The van der Waals surface area contributed by atoms with Crippen molar-refractivity contribution in [3.63, 3.8) is 0 Å². The van der Waals surface area contributed by atoms with Crippen molar-refractivity contribution >= 4 is 28.5 Å². The SMILES string of the molecule is Cc1nn(C)c2cc(-c3noc(C4CCN(C(=O)C5CC(=O)N(c6ccc(C#N)cc6)C5)CC4)n3)cnc12. The molecule has 5 heterocycles. The maximum atomic E-state index is 13.2. The first-order valence-electron chi connectivity index (χ1n) is 12.6. The average Bonchev–Trinajstić information content (AvgIpc) is 3.66. The van der Waals surface area contributed by atoms with Crippen molar-refractivity contribution in [3.05, 3.63) is 53.7 Å². The van der Waals surface area contributed by atoms with E-state index in [0.29, 0.717) is 55.4 Å². The van der Waals surface area contributed by atoms with Crippen LogP contribution in [0.2, 0.25) is 0 Å². The molecule has 0 bridgehead atoms. The van der Waals surface area contributed by atoms with E-state index in [1.54, 1.807) is 40.0 Å². The van der Waals surface area contributed by atoms with Crippen LogP contribution in [0.25, 0.3) is 22.4 Å². The van der Waals surface area contributed by atoms with Crippen LogP contribution in [0.3, 0.4) is 0 Å². The van der Waals surface area contributed by atoms with Gasteiger partial charge in [0.25, 0.3) is 0 Å². The molecule has 0 spiro atoms. The van der Waals surface area contributed by atoms with Gasteiger partial charge in [-0.15, -0.1) is 0 Å². The van der Waals surface area contributed by atoms with Crippen molar-refractivity contribution in [2.45, 2.75) is 32.1 Å². The molecule has 2 saturated heterocycles. The number of rotatable bonds is 4. The summed E-state index contributed by atoms with van der Waals surface area (Å²) < 4.78 is 7.40. The largest absolute Gasteiger partial charge is 0.342 e. The van der Waals surface area contributed by atoms with E-state index in [0.717, 1.165) is 22.3 Å². The van der Waals surface area contributed by atoms with E-state index in [2.05, 4.69) is 26.3 Å². The van der Waals surface area contributed by atoms with Crippen LogP contribution in [-0.4, -0.2) is 61.3 Å². The minimum absolute atomic E-state index is 0.00464. The lowest BCUT2D eigenvalue weighted by Gasteiger charge is -2.32. The molecule has 11 nitrogen and oxygen atoms in total. The molecule has 2 aliphatic rings. The monoisotopic (exact) mass is 510 g/mol. The highest BCUT2D eigenvalue weighted by Crippen LogP contribution is 2.32. The lowest BCUT2D eigenvalue weighted by Crippen LogP contribution is -2.42. The number of fused-ring (bicyclic) bond motifs is 1. The summed E-state index contributed by atoms with van der Waals surface area (Å²) in [6.45, 7) is 3.43. The van der Waals surface area contributed by atoms with Gasteiger partial charge in [-0.1, -0.05) is 5.16 Å². The Kier molecular flexibility index (Phi) is 5.87. The smallest absolute Gasteiger partial charge is 0.230 e. The average molecular weight is 511 g/mol. The van der Waals surface area contributed by atoms with Gasteiger partial charge in [-0.3, -0.25) is 19.3 Å². The molecule has 11 heteroatoms. The van der Waals surface area contributed by atoms with Crippen LogP contribution < -0.4 is 4.90 Å². The lowest BCUT2D eigenvalue weighted by atomic mass is 9.95. The van der Waals surface area contributed by atoms with Crippen molar-refractivity contribution in [1.29, 1.82) is 5.26 Å². The maximum absolute atomic E-state index is 13.2. The molecule has 4 aromatic rings. The van der Waals surface area contributed by atoms with Crippen LogP contribution in [0.15, 0.2) is 41.1 Å². The number of nitrogens with zero attached hydrogens (tertiary/aromatic N) is 8. The van der Waals surface area contributed by atoms with Gasteiger partial charge in [0.1, 0.15) is 5.52 Å². The van der Waals surface area contributed by atoms with Gasteiger partial charge in [0.15, 0.2) is 0 Å². The predicted molar refractivity (Wildman–Crippen MR) is 137 cm³/mol. The first-order valence-corrected chi connectivity index (χ1v) is 12.6. The van der Waals surface area contributed by atoms with E-state index in [4.69, 9.17) is 9.78 Å². The second kappa shape index (κ2) is 9.37.